The first-order chi connectivity index (χ1) is 19.0. The zero-order chi connectivity index (χ0) is 34.1. The number of carbonyl (C=O) groups excluding carboxylic acids is 1. The summed E-state index contributed by atoms with van der Waals surface area (Å²) in [5.74, 6) is -17.7. The molecule has 0 aliphatic heterocycles. The summed E-state index contributed by atoms with van der Waals surface area (Å²) < 4.78 is 208. The molecular formula is C22H22F15NO4Si. The van der Waals surface area contributed by atoms with Gasteiger partial charge in [-0.1, -0.05) is 31.3 Å². The Bertz CT molecular complexity index is 1140. The Kier molecular flexibility index (Phi) is 11.2. The number of ether oxygens (including phenoxy) is 2. The third kappa shape index (κ3) is 8.15. The molecular weight excluding hydrogens is 655 g/mol. The number of aryl methyl sites for hydroxylation is 1. The van der Waals surface area contributed by atoms with Crippen molar-refractivity contribution >= 4 is 19.7 Å². The standard InChI is InChI=1S/C22H22F15NO4Si/c1-5-43(3,4)11-7-10-38(14-9-6-8-13(2)12-14)15(39)16(23,18(25,26)27)40-20(31,32)17(24,19(28,29)30)41-21(33,34)22(35,36)42-37/h5-6,8-9,12H,1,7,10-11H2,2-4H3. The fraction of sp³-hybridized carbons (Fsp3) is 0.591. The van der Waals surface area contributed by atoms with Crippen LogP contribution in [0.1, 0.15) is 12.0 Å². The fourth-order valence-corrected chi connectivity index (χ4v) is 4.41. The predicted molar refractivity (Wildman–Crippen MR) is 120 cm³/mol. The molecule has 0 bridgehead atoms. The van der Waals surface area contributed by atoms with Crippen molar-refractivity contribution in [3.8, 4) is 0 Å². The van der Waals surface area contributed by atoms with E-state index in [1.165, 1.54) is 23.6 Å². The van der Waals surface area contributed by atoms with Gasteiger partial charge in [-0.05, 0) is 35.6 Å². The lowest BCUT2D eigenvalue weighted by atomic mass is 10.1. The smallest absolute Gasteiger partial charge is 0.307 e. The van der Waals surface area contributed by atoms with Crippen LogP contribution in [-0.4, -0.2) is 62.9 Å². The number of nitrogens with zero attached hydrogens (tertiary/aromatic N) is 1. The van der Waals surface area contributed by atoms with E-state index in [1.807, 2.05) is 0 Å². The van der Waals surface area contributed by atoms with Gasteiger partial charge in [-0.15, -0.1) is 17.2 Å². The summed E-state index contributed by atoms with van der Waals surface area (Å²) in [4.78, 5) is 14.0. The van der Waals surface area contributed by atoms with Crippen molar-refractivity contribution in [2.24, 2.45) is 0 Å². The molecule has 0 radical (unpaired) electrons. The number of anilines is 1. The zero-order valence-corrected chi connectivity index (χ0v) is 23.0. The first kappa shape index (κ1) is 38.5. The number of benzene rings is 1. The van der Waals surface area contributed by atoms with E-state index >= 15 is 4.39 Å². The predicted octanol–water partition coefficient (Wildman–Crippen LogP) is 8.32. The molecule has 2 atom stereocenters. The number of hydrogen-bond acceptors (Lipinski definition) is 4. The third-order valence-electron chi connectivity index (χ3n) is 5.67. The average Bonchev–Trinajstić information content (AvgIpc) is 2.84. The molecule has 1 amide bonds. The van der Waals surface area contributed by atoms with Gasteiger partial charge in [-0.3, -0.25) is 14.3 Å². The second kappa shape index (κ2) is 12.5. The molecule has 2 unspecified atom stereocenters. The SMILES string of the molecule is C=C[Si](C)(C)CCCN(C(=O)C(F)(OC(F)(F)C(F)(OC(F)(F)C(F)(F)OF)C(F)(F)F)C(F)(F)F)c1cccc(C)c1. The van der Waals surface area contributed by atoms with Crippen LogP contribution in [0.2, 0.25) is 19.1 Å². The molecule has 1 rings (SSSR count). The topological polar surface area (TPSA) is 48.0 Å². The molecule has 5 nitrogen and oxygen atoms in total. The molecule has 0 saturated heterocycles. The number of alkyl halides is 14. The molecule has 0 fully saturated rings. The van der Waals surface area contributed by atoms with Crippen LogP contribution in [0, 0.1) is 6.92 Å². The van der Waals surface area contributed by atoms with Crippen LogP contribution in [0.25, 0.3) is 0 Å². The number of hydrogen-bond donors (Lipinski definition) is 0. The van der Waals surface area contributed by atoms with Gasteiger partial charge in [-0.25, -0.2) is 0 Å². The maximum Gasteiger partial charge on any atom is 0.478 e. The highest BCUT2D eigenvalue weighted by atomic mass is 28.3. The molecule has 43 heavy (non-hydrogen) atoms. The first-order valence-electron chi connectivity index (χ1n) is 11.4. The maximum atomic E-state index is 15.4. The minimum Gasteiger partial charge on any atom is -0.307 e. The van der Waals surface area contributed by atoms with Crippen LogP contribution in [0.3, 0.4) is 0 Å². The van der Waals surface area contributed by atoms with Gasteiger partial charge in [0.05, 0.1) is 8.07 Å². The molecule has 1 aromatic carbocycles. The van der Waals surface area contributed by atoms with Gasteiger partial charge in [0.25, 0.3) is 0 Å². The van der Waals surface area contributed by atoms with E-state index in [4.69, 9.17) is 0 Å². The highest BCUT2D eigenvalue weighted by molar-refractivity contribution is 6.82. The Labute approximate surface area is 234 Å². The van der Waals surface area contributed by atoms with Crippen LogP contribution in [0.5, 0.6) is 0 Å². The van der Waals surface area contributed by atoms with Crippen molar-refractivity contribution in [2.45, 2.75) is 74.9 Å². The quantitative estimate of drug-likeness (QED) is 0.147. The van der Waals surface area contributed by atoms with E-state index in [2.05, 4.69) is 11.3 Å². The van der Waals surface area contributed by atoms with Gasteiger partial charge in [0.2, 0.25) is 0 Å². The molecule has 0 N–H and O–H groups in total. The third-order valence-corrected chi connectivity index (χ3v) is 8.41. The van der Waals surface area contributed by atoms with Crippen LogP contribution in [0.4, 0.5) is 71.7 Å². The van der Waals surface area contributed by atoms with E-state index in [0.29, 0.717) is 0 Å². The summed E-state index contributed by atoms with van der Waals surface area (Å²) in [6, 6.07) is 4.24. The van der Waals surface area contributed by atoms with Gasteiger partial charge >= 0.3 is 48.3 Å². The largest absolute Gasteiger partial charge is 0.478 e. The average molecular weight is 677 g/mol. The van der Waals surface area contributed by atoms with E-state index in [1.54, 1.807) is 17.8 Å². The highest BCUT2D eigenvalue weighted by Crippen LogP contribution is 2.55. The van der Waals surface area contributed by atoms with Crippen molar-refractivity contribution in [1.82, 2.24) is 0 Å². The van der Waals surface area contributed by atoms with Gasteiger partial charge < -0.3 is 4.90 Å². The molecule has 0 saturated carbocycles. The molecule has 0 aromatic heterocycles. The molecule has 1 aromatic rings. The summed E-state index contributed by atoms with van der Waals surface area (Å²) >= 11 is 0. The molecule has 248 valence electrons. The molecule has 0 spiro atoms. The minimum absolute atomic E-state index is 0.115. The second-order valence-corrected chi connectivity index (χ2v) is 14.5. The summed E-state index contributed by atoms with van der Waals surface area (Å²) in [6.45, 7) is 7.25. The molecule has 0 aliphatic rings. The van der Waals surface area contributed by atoms with Crippen LogP contribution in [0.15, 0.2) is 36.5 Å². The molecule has 21 heteroatoms. The lowest BCUT2D eigenvalue weighted by Gasteiger charge is -2.40. The van der Waals surface area contributed by atoms with Crippen molar-refractivity contribution < 1.29 is 85.2 Å². The Morgan fingerprint density at radius 3 is 1.81 bits per heavy atom. The Morgan fingerprint density at radius 2 is 1.40 bits per heavy atom. The Hall–Kier alpha value is -2.52. The lowest BCUT2D eigenvalue weighted by Crippen LogP contribution is -2.68. The monoisotopic (exact) mass is 677 g/mol. The van der Waals surface area contributed by atoms with Gasteiger partial charge in [0.15, 0.2) is 0 Å². The van der Waals surface area contributed by atoms with E-state index in [-0.39, 0.29) is 22.9 Å². The Morgan fingerprint density at radius 1 is 0.860 bits per heavy atom. The summed E-state index contributed by atoms with van der Waals surface area (Å²) in [7, 11) is -2.30. The highest BCUT2D eigenvalue weighted by Gasteiger charge is 2.83. The lowest BCUT2D eigenvalue weighted by molar-refractivity contribution is -0.564. The Balaban J connectivity index is 3.78. The van der Waals surface area contributed by atoms with Gasteiger partial charge in [0, 0.05) is 12.2 Å². The number of halogens is 15. The van der Waals surface area contributed by atoms with Crippen molar-refractivity contribution in [3.05, 3.63) is 42.1 Å². The van der Waals surface area contributed by atoms with Crippen LogP contribution >= 0.6 is 0 Å². The fourth-order valence-electron chi connectivity index (χ4n) is 3.14. The van der Waals surface area contributed by atoms with E-state index < -0.39 is 68.6 Å². The molecule has 0 aliphatic carbocycles. The summed E-state index contributed by atoms with van der Waals surface area (Å²) in [5.41, 5.74) is 1.01. The van der Waals surface area contributed by atoms with Crippen LogP contribution < -0.4 is 4.90 Å². The number of amides is 1. The first-order valence-corrected chi connectivity index (χ1v) is 14.7. The summed E-state index contributed by atoms with van der Waals surface area (Å²) in [5, 5.41) is 0. The van der Waals surface area contributed by atoms with Gasteiger partial charge in [-0.2, -0.15) is 61.5 Å². The van der Waals surface area contributed by atoms with Crippen LogP contribution in [-0.2, 0) is 19.2 Å². The maximum absolute atomic E-state index is 15.4. The van der Waals surface area contributed by atoms with E-state index in [0.717, 1.165) is 18.2 Å². The van der Waals surface area contributed by atoms with Gasteiger partial charge in [0.1, 0.15) is 0 Å². The van der Waals surface area contributed by atoms with E-state index in [9.17, 15) is 66.4 Å². The van der Waals surface area contributed by atoms with Crippen molar-refractivity contribution in [1.29, 1.82) is 0 Å². The molecule has 0 heterocycles. The summed E-state index contributed by atoms with van der Waals surface area (Å²) in [6.07, 6.45) is -37.2. The normalized spacial score (nSPS) is 16.8. The van der Waals surface area contributed by atoms with Crippen molar-refractivity contribution in [2.75, 3.05) is 11.4 Å². The number of carbonyl (C=O) groups is 1. The second-order valence-electron chi connectivity index (χ2n) is 9.61. The zero-order valence-electron chi connectivity index (χ0n) is 22.0. The van der Waals surface area contributed by atoms with Crippen molar-refractivity contribution in [3.63, 3.8) is 0 Å². The number of rotatable bonds is 14. The minimum atomic E-state index is -7.79.